The Morgan fingerprint density at radius 1 is 1.29 bits per heavy atom. The number of nitrogen functional groups attached to an aromatic ring is 1. The van der Waals surface area contributed by atoms with Crippen LogP contribution in [-0.4, -0.2) is 9.97 Å². The first-order chi connectivity index (χ1) is 8.08. The Morgan fingerprint density at radius 2 is 1.94 bits per heavy atom. The number of aromatic nitrogens is 2. The molecule has 2 rings (SSSR count). The second-order valence-corrected chi connectivity index (χ2v) is 4.98. The molecule has 0 aliphatic rings. The maximum atomic E-state index is 11.6. The van der Waals surface area contributed by atoms with E-state index in [1.165, 1.54) is 6.20 Å². The molecule has 17 heavy (non-hydrogen) atoms. The standard InChI is InChI=1S/C10H7Cl2N3OS/c11-5-2-1-3-6(12)8(5)17-7-4-14-10(13)15-9(7)16/h1-4H,(H3,13,14,15,16). The van der Waals surface area contributed by atoms with Crippen molar-refractivity contribution in [2.45, 2.75) is 9.79 Å². The van der Waals surface area contributed by atoms with Crippen molar-refractivity contribution in [1.29, 1.82) is 0 Å². The zero-order valence-electron chi connectivity index (χ0n) is 8.41. The molecule has 0 aliphatic heterocycles. The molecule has 1 aromatic heterocycles. The molecule has 2 aromatic rings. The van der Waals surface area contributed by atoms with Crippen molar-refractivity contribution in [3.63, 3.8) is 0 Å². The highest BCUT2D eigenvalue weighted by molar-refractivity contribution is 7.99. The predicted molar refractivity (Wildman–Crippen MR) is 69.9 cm³/mol. The molecule has 7 heteroatoms. The van der Waals surface area contributed by atoms with Crippen LogP contribution < -0.4 is 11.3 Å². The molecule has 0 saturated carbocycles. The van der Waals surface area contributed by atoms with E-state index in [1.807, 2.05) is 0 Å². The molecule has 0 radical (unpaired) electrons. The van der Waals surface area contributed by atoms with Crippen LogP contribution in [0.4, 0.5) is 5.95 Å². The fourth-order valence-electron chi connectivity index (χ4n) is 1.16. The number of benzene rings is 1. The summed E-state index contributed by atoms with van der Waals surface area (Å²) in [7, 11) is 0. The maximum Gasteiger partial charge on any atom is 0.266 e. The Labute approximate surface area is 111 Å². The minimum absolute atomic E-state index is 0.0737. The Balaban J connectivity index is 2.42. The first-order valence-electron chi connectivity index (χ1n) is 4.54. The molecule has 0 saturated heterocycles. The molecule has 0 aliphatic carbocycles. The first kappa shape index (κ1) is 12.3. The molecule has 4 nitrogen and oxygen atoms in total. The van der Waals surface area contributed by atoms with E-state index in [1.54, 1.807) is 18.2 Å². The zero-order chi connectivity index (χ0) is 12.4. The number of halogens is 2. The van der Waals surface area contributed by atoms with Gasteiger partial charge in [0.1, 0.15) is 0 Å². The van der Waals surface area contributed by atoms with Gasteiger partial charge in [-0.1, -0.05) is 41.0 Å². The predicted octanol–water partition coefficient (Wildman–Crippen LogP) is 2.81. The van der Waals surface area contributed by atoms with Gasteiger partial charge in [0.05, 0.1) is 21.1 Å². The molecule has 1 heterocycles. The number of nitrogens with one attached hydrogen (secondary N) is 1. The highest BCUT2D eigenvalue weighted by Gasteiger charge is 2.10. The van der Waals surface area contributed by atoms with Crippen molar-refractivity contribution in [1.82, 2.24) is 9.97 Å². The van der Waals surface area contributed by atoms with Crippen LogP contribution in [-0.2, 0) is 0 Å². The van der Waals surface area contributed by atoms with Gasteiger partial charge in [0.15, 0.2) is 5.95 Å². The number of nitrogens with two attached hydrogens (primary N) is 1. The van der Waals surface area contributed by atoms with Gasteiger partial charge in [-0.15, -0.1) is 0 Å². The summed E-state index contributed by atoms with van der Waals surface area (Å²) in [4.78, 5) is 18.8. The monoisotopic (exact) mass is 287 g/mol. The van der Waals surface area contributed by atoms with Gasteiger partial charge in [-0.25, -0.2) is 4.98 Å². The number of rotatable bonds is 2. The van der Waals surface area contributed by atoms with Crippen molar-refractivity contribution in [3.8, 4) is 0 Å². The van der Waals surface area contributed by atoms with Crippen LogP contribution in [0, 0.1) is 0 Å². The highest BCUT2D eigenvalue weighted by atomic mass is 35.5. The van der Waals surface area contributed by atoms with Crippen LogP contribution in [0.1, 0.15) is 0 Å². The van der Waals surface area contributed by atoms with E-state index >= 15 is 0 Å². The number of hydrogen-bond acceptors (Lipinski definition) is 4. The third-order valence-electron chi connectivity index (χ3n) is 1.92. The third kappa shape index (κ3) is 2.74. The second kappa shape index (κ2) is 5.00. The molecule has 0 atom stereocenters. The Bertz CT molecular complexity index is 594. The lowest BCUT2D eigenvalue weighted by molar-refractivity contribution is 1.06. The SMILES string of the molecule is Nc1ncc(Sc2c(Cl)cccc2Cl)c(=O)[nH]1. The topological polar surface area (TPSA) is 71.8 Å². The van der Waals surface area contributed by atoms with Crippen molar-refractivity contribution in [3.05, 3.63) is 44.8 Å². The molecule has 0 fully saturated rings. The minimum Gasteiger partial charge on any atom is -0.369 e. The summed E-state index contributed by atoms with van der Waals surface area (Å²) in [6, 6.07) is 5.14. The summed E-state index contributed by atoms with van der Waals surface area (Å²) in [5.74, 6) is 0.0737. The van der Waals surface area contributed by atoms with Crippen molar-refractivity contribution < 1.29 is 0 Å². The molecule has 88 valence electrons. The van der Waals surface area contributed by atoms with E-state index in [0.29, 0.717) is 19.8 Å². The number of H-pyrrole nitrogens is 1. The van der Waals surface area contributed by atoms with Gasteiger partial charge < -0.3 is 5.73 Å². The van der Waals surface area contributed by atoms with Crippen molar-refractivity contribution >= 4 is 40.9 Å². The van der Waals surface area contributed by atoms with Gasteiger partial charge in [-0.05, 0) is 12.1 Å². The molecule has 0 amide bonds. The highest BCUT2D eigenvalue weighted by Crippen LogP contribution is 2.36. The maximum absolute atomic E-state index is 11.6. The molecule has 0 bridgehead atoms. The number of hydrogen-bond donors (Lipinski definition) is 2. The summed E-state index contributed by atoms with van der Waals surface area (Å²) >= 11 is 13.2. The normalized spacial score (nSPS) is 10.5. The van der Waals surface area contributed by atoms with Gasteiger partial charge in [0.2, 0.25) is 0 Å². The van der Waals surface area contributed by atoms with Crippen LogP contribution >= 0.6 is 35.0 Å². The number of anilines is 1. The zero-order valence-corrected chi connectivity index (χ0v) is 10.7. The number of nitrogens with zero attached hydrogens (tertiary/aromatic N) is 1. The summed E-state index contributed by atoms with van der Waals surface area (Å²) < 4.78 is 0. The Hall–Kier alpha value is -1.17. The summed E-state index contributed by atoms with van der Waals surface area (Å²) in [6.07, 6.45) is 1.39. The molecule has 3 N–H and O–H groups in total. The molecule has 0 spiro atoms. The van der Waals surface area contributed by atoms with E-state index in [-0.39, 0.29) is 11.5 Å². The second-order valence-electron chi connectivity index (χ2n) is 3.11. The van der Waals surface area contributed by atoms with Crippen LogP contribution in [0.2, 0.25) is 10.0 Å². The van der Waals surface area contributed by atoms with Crippen LogP contribution in [0.25, 0.3) is 0 Å². The lowest BCUT2D eigenvalue weighted by atomic mass is 10.4. The van der Waals surface area contributed by atoms with Crippen LogP contribution in [0.3, 0.4) is 0 Å². The van der Waals surface area contributed by atoms with Gasteiger partial charge in [-0.2, -0.15) is 0 Å². The summed E-state index contributed by atoms with van der Waals surface area (Å²) in [5, 5.41) is 0.970. The lowest BCUT2D eigenvalue weighted by Crippen LogP contribution is -2.12. The fourth-order valence-corrected chi connectivity index (χ4v) is 2.59. The van der Waals surface area contributed by atoms with Gasteiger partial charge in [0.25, 0.3) is 5.56 Å². The van der Waals surface area contributed by atoms with Crippen molar-refractivity contribution in [2.24, 2.45) is 0 Å². The van der Waals surface area contributed by atoms with E-state index in [9.17, 15) is 4.79 Å². The minimum atomic E-state index is -0.321. The average molecular weight is 288 g/mol. The molecule has 0 unspecified atom stereocenters. The molecular weight excluding hydrogens is 281 g/mol. The van der Waals surface area contributed by atoms with Gasteiger partial charge in [-0.3, -0.25) is 9.78 Å². The van der Waals surface area contributed by atoms with Crippen LogP contribution in [0.15, 0.2) is 39.0 Å². The van der Waals surface area contributed by atoms with Gasteiger partial charge in [0, 0.05) is 4.90 Å². The van der Waals surface area contributed by atoms with E-state index in [0.717, 1.165) is 11.8 Å². The average Bonchev–Trinajstić information content (AvgIpc) is 2.26. The lowest BCUT2D eigenvalue weighted by Gasteiger charge is -2.05. The largest absolute Gasteiger partial charge is 0.369 e. The van der Waals surface area contributed by atoms with E-state index in [4.69, 9.17) is 28.9 Å². The van der Waals surface area contributed by atoms with Crippen LogP contribution in [0.5, 0.6) is 0 Å². The van der Waals surface area contributed by atoms with E-state index in [2.05, 4.69) is 9.97 Å². The van der Waals surface area contributed by atoms with Crippen molar-refractivity contribution in [2.75, 3.05) is 5.73 Å². The Kier molecular flexibility index (Phi) is 3.61. The van der Waals surface area contributed by atoms with E-state index < -0.39 is 0 Å². The molecule has 1 aromatic carbocycles. The number of aromatic amines is 1. The smallest absolute Gasteiger partial charge is 0.266 e. The summed E-state index contributed by atoms with van der Waals surface area (Å²) in [6.45, 7) is 0. The third-order valence-corrected chi connectivity index (χ3v) is 3.93. The Morgan fingerprint density at radius 3 is 2.53 bits per heavy atom. The first-order valence-corrected chi connectivity index (χ1v) is 6.12. The molecular formula is C10H7Cl2N3OS. The summed E-state index contributed by atoms with van der Waals surface area (Å²) in [5.41, 5.74) is 5.03. The quantitative estimate of drug-likeness (QED) is 0.891. The fraction of sp³-hybridized carbons (Fsp3) is 0. The van der Waals surface area contributed by atoms with Gasteiger partial charge >= 0.3 is 0 Å².